The van der Waals surface area contributed by atoms with Crippen molar-refractivity contribution in [3.05, 3.63) is 10.6 Å². The van der Waals surface area contributed by atoms with Crippen LogP contribution in [0.1, 0.15) is 52.4 Å². The van der Waals surface area contributed by atoms with Gasteiger partial charge in [0.1, 0.15) is 0 Å². The Kier molecular flexibility index (Phi) is 8.48. The molecular formula is C10H19Br. The van der Waals surface area contributed by atoms with Gasteiger partial charge in [-0.3, -0.25) is 0 Å². The van der Waals surface area contributed by atoms with E-state index in [1.54, 1.807) is 0 Å². The fourth-order valence-corrected chi connectivity index (χ4v) is 1.62. The molecule has 0 aromatic carbocycles. The molecule has 0 aliphatic carbocycles. The highest BCUT2D eigenvalue weighted by Gasteiger charge is 1.88. The average molecular weight is 219 g/mol. The minimum atomic E-state index is 1.20. The summed E-state index contributed by atoms with van der Waals surface area (Å²) in [6.07, 6.45) is 10.0. The first-order valence-electron chi connectivity index (χ1n) is 4.65. The van der Waals surface area contributed by atoms with Crippen LogP contribution in [0.3, 0.4) is 0 Å². The number of hydrogen-bond acceptors (Lipinski definition) is 0. The van der Waals surface area contributed by atoms with Crippen LogP contribution in [0.2, 0.25) is 0 Å². The van der Waals surface area contributed by atoms with Crippen LogP contribution in [0.5, 0.6) is 0 Å². The summed E-state index contributed by atoms with van der Waals surface area (Å²) in [5.41, 5.74) is 0. The molecule has 0 radical (unpaired) electrons. The lowest BCUT2D eigenvalue weighted by Crippen LogP contribution is -1.74. The van der Waals surface area contributed by atoms with E-state index >= 15 is 0 Å². The Morgan fingerprint density at radius 3 is 2.45 bits per heavy atom. The first-order chi connectivity index (χ1) is 5.31. The Morgan fingerprint density at radius 2 is 1.91 bits per heavy atom. The molecule has 0 fully saturated rings. The summed E-state index contributed by atoms with van der Waals surface area (Å²) < 4.78 is 1.39. The van der Waals surface area contributed by atoms with Gasteiger partial charge in [-0.1, -0.05) is 55.1 Å². The zero-order valence-electron chi connectivity index (χ0n) is 7.70. The lowest BCUT2D eigenvalue weighted by molar-refractivity contribution is 0.727. The lowest BCUT2D eigenvalue weighted by Gasteiger charge is -1.95. The lowest BCUT2D eigenvalue weighted by atomic mass is 10.2. The smallest absolute Gasteiger partial charge is 0.00893 e. The largest absolute Gasteiger partial charge is 0.0744 e. The second kappa shape index (κ2) is 8.32. The molecule has 0 aromatic heterocycles. The predicted octanol–water partition coefficient (Wildman–Crippen LogP) is 4.65. The van der Waals surface area contributed by atoms with E-state index in [-0.39, 0.29) is 0 Å². The van der Waals surface area contributed by atoms with Gasteiger partial charge in [0.15, 0.2) is 0 Å². The molecule has 0 N–H and O–H groups in total. The molecule has 0 rings (SSSR count). The van der Waals surface area contributed by atoms with Gasteiger partial charge in [-0.2, -0.15) is 0 Å². The highest BCUT2D eigenvalue weighted by molar-refractivity contribution is 9.11. The topological polar surface area (TPSA) is 0 Å². The van der Waals surface area contributed by atoms with E-state index < -0.39 is 0 Å². The van der Waals surface area contributed by atoms with Crippen LogP contribution >= 0.6 is 15.9 Å². The summed E-state index contributed by atoms with van der Waals surface area (Å²) in [6.45, 7) is 4.45. The monoisotopic (exact) mass is 218 g/mol. The fraction of sp³-hybridized carbons (Fsp3) is 0.800. The normalized spacial score (nSPS) is 12.1. The second-order valence-corrected chi connectivity index (χ2v) is 3.92. The number of allylic oxidation sites excluding steroid dienone is 2. The molecule has 0 heterocycles. The van der Waals surface area contributed by atoms with Crippen LogP contribution in [0.4, 0.5) is 0 Å². The van der Waals surface area contributed by atoms with Crippen molar-refractivity contribution in [3.8, 4) is 0 Å². The molecule has 0 aliphatic rings. The van der Waals surface area contributed by atoms with E-state index in [4.69, 9.17) is 0 Å². The second-order valence-electron chi connectivity index (χ2n) is 2.90. The Labute approximate surface area is 79.2 Å². The van der Waals surface area contributed by atoms with Crippen molar-refractivity contribution in [2.24, 2.45) is 0 Å². The highest BCUT2D eigenvalue weighted by Crippen LogP contribution is 2.14. The molecule has 0 saturated carbocycles. The standard InChI is InChI=1S/C10H19Br/c1-3-5-6-7-9-10(11)8-4-2/h9H,3-8H2,1-2H3/b10-9-. The zero-order valence-corrected chi connectivity index (χ0v) is 9.28. The van der Waals surface area contributed by atoms with Gasteiger partial charge in [0.25, 0.3) is 0 Å². The number of halogens is 1. The maximum absolute atomic E-state index is 3.55. The van der Waals surface area contributed by atoms with Gasteiger partial charge in [0.05, 0.1) is 0 Å². The minimum absolute atomic E-state index is 1.20. The SMILES string of the molecule is CCCCC/C=C(\Br)CCC. The summed E-state index contributed by atoms with van der Waals surface area (Å²) in [6, 6.07) is 0. The quantitative estimate of drug-likeness (QED) is 0.570. The third kappa shape index (κ3) is 8.12. The molecule has 0 nitrogen and oxygen atoms in total. The summed E-state index contributed by atoms with van der Waals surface area (Å²) >= 11 is 3.55. The molecule has 0 aromatic rings. The summed E-state index contributed by atoms with van der Waals surface area (Å²) in [4.78, 5) is 0. The Morgan fingerprint density at radius 1 is 1.18 bits per heavy atom. The van der Waals surface area contributed by atoms with Crippen LogP contribution in [0, 0.1) is 0 Å². The van der Waals surface area contributed by atoms with Crippen molar-refractivity contribution in [3.63, 3.8) is 0 Å². The van der Waals surface area contributed by atoms with Crippen molar-refractivity contribution >= 4 is 15.9 Å². The van der Waals surface area contributed by atoms with Crippen molar-refractivity contribution < 1.29 is 0 Å². The predicted molar refractivity (Wildman–Crippen MR) is 56.1 cm³/mol. The van der Waals surface area contributed by atoms with Crippen molar-refractivity contribution in [2.75, 3.05) is 0 Å². The summed E-state index contributed by atoms with van der Waals surface area (Å²) in [5, 5.41) is 0. The Hall–Kier alpha value is 0.220. The minimum Gasteiger partial charge on any atom is -0.0744 e. The van der Waals surface area contributed by atoms with Gasteiger partial charge in [-0.05, 0) is 23.7 Å². The molecule has 0 spiro atoms. The highest BCUT2D eigenvalue weighted by atomic mass is 79.9. The summed E-state index contributed by atoms with van der Waals surface area (Å²) in [5.74, 6) is 0. The van der Waals surface area contributed by atoms with Gasteiger partial charge in [0, 0.05) is 0 Å². The molecule has 0 amide bonds. The molecule has 11 heavy (non-hydrogen) atoms. The third-order valence-corrected chi connectivity index (χ3v) is 2.38. The molecule has 0 bridgehead atoms. The molecule has 66 valence electrons. The van der Waals surface area contributed by atoms with E-state index in [0.717, 1.165) is 0 Å². The van der Waals surface area contributed by atoms with Gasteiger partial charge >= 0.3 is 0 Å². The van der Waals surface area contributed by atoms with E-state index in [2.05, 4.69) is 35.9 Å². The molecule has 0 atom stereocenters. The molecule has 0 aliphatic heterocycles. The van der Waals surface area contributed by atoms with Crippen LogP contribution in [-0.2, 0) is 0 Å². The Bertz CT molecular complexity index is 105. The zero-order chi connectivity index (χ0) is 8.53. The average Bonchev–Trinajstić information content (AvgIpc) is 1.99. The van der Waals surface area contributed by atoms with E-state index in [0.29, 0.717) is 0 Å². The van der Waals surface area contributed by atoms with Crippen LogP contribution in [-0.4, -0.2) is 0 Å². The van der Waals surface area contributed by atoms with E-state index in [1.165, 1.54) is 43.0 Å². The maximum atomic E-state index is 3.55. The van der Waals surface area contributed by atoms with E-state index in [9.17, 15) is 0 Å². The van der Waals surface area contributed by atoms with Crippen molar-refractivity contribution in [1.82, 2.24) is 0 Å². The van der Waals surface area contributed by atoms with Crippen LogP contribution in [0.15, 0.2) is 10.6 Å². The van der Waals surface area contributed by atoms with Gasteiger partial charge in [0.2, 0.25) is 0 Å². The maximum Gasteiger partial charge on any atom is -0.00893 e. The first-order valence-corrected chi connectivity index (χ1v) is 5.45. The van der Waals surface area contributed by atoms with Gasteiger partial charge in [-0.25, -0.2) is 0 Å². The number of unbranched alkanes of at least 4 members (excludes halogenated alkanes) is 3. The van der Waals surface area contributed by atoms with Gasteiger partial charge < -0.3 is 0 Å². The van der Waals surface area contributed by atoms with Crippen molar-refractivity contribution in [2.45, 2.75) is 52.4 Å². The van der Waals surface area contributed by atoms with Crippen molar-refractivity contribution in [1.29, 1.82) is 0 Å². The Balaban J connectivity index is 3.24. The molecule has 0 saturated heterocycles. The van der Waals surface area contributed by atoms with Gasteiger partial charge in [-0.15, -0.1) is 0 Å². The summed E-state index contributed by atoms with van der Waals surface area (Å²) in [7, 11) is 0. The molecular weight excluding hydrogens is 200 g/mol. The number of hydrogen-bond donors (Lipinski definition) is 0. The van der Waals surface area contributed by atoms with Crippen LogP contribution in [0.25, 0.3) is 0 Å². The molecule has 0 unspecified atom stereocenters. The third-order valence-electron chi connectivity index (χ3n) is 1.66. The fourth-order valence-electron chi connectivity index (χ4n) is 0.994. The first kappa shape index (κ1) is 11.2. The van der Waals surface area contributed by atoms with Crippen LogP contribution < -0.4 is 0 Å². The number of rotatable bonds is 6. The van der Waals surface area contributed by atoms with E-state index in [1.807, 2.05) is 0 Å². The molecule has 1 heteroatoms.